The Kier molecular flexibility index (Phi) is 3.79. The lowest BCUT2D eigenvalue weighted by atomic mass is 9.76. The first-order valence-electron chi connectivity index (χ1n) is 6.83. The average molecular weight is 276 g/mol. The zero-order valence-electron chi connectivity index (χ0n) is 12.1. The highest BCUT2D eigenvalue weighted by Gasteiger charge is 2.48. The molecule has 1 amide bonds. The molecule has 0 saturated carbocycles. The Morgan fingerprint density at radius 3 is 2.65 bits per heavy atom. The molecule has 0 aromatic carbocycles. The fourth-order valence-corrected chi connectivity index (χ4v) is 2.76. The normalized spacial score (nSPS) is 22.3. The zero-order chi connectivity index (χ0) is 14.9. The summed E-state index contributed by atoms with van der Waals surface area (Å²) in [5.74, 6) is -1.00. The fraction of sp³-hybridized carbons (Fsp3) is 0.533. The van der Waals surface area contributed by atoms with Gasteiger partial charge in [0.1, 0.15) is 5.69 Å². The Balaban J connectivity index is 2.23. The number of amides is 1. The number of aliphatic carboxylic acids is 1. The molecule has 0 radical (unpaired) electrons. The minimum absolute atomic E-state index is 0.0115. The summed E-state index contributed by atoms with van der Waals surface area (Å²) >= 11 is 0. The highest BCUT2D eigenvalue weighted by molar-refractivity contribution is 5.94. The van der Waals surface area contributed by atoms with E-state index in [1.54, 1.807) is 17.2 Å². The molecule has 1 unspecified atom stereocenters. The number of aromatic nitrogens is 1. The van der Waals surface area contributed by atoms with Crippen molar-refractivity contribution >= 4 is 11.9 Å². The summed E-state index contributed by atoms with van der Waals surface area (Å²) in [5, 5.41) is 9.51. The summed E-state index contributed by atoms with van der Waals surface area (Å²) in [4.78, 5) is 29.8. The number of carboxylic acid groups (broad SMARTS) is 1. The number of carbonyl (C=O) groups is 2. The van der Waals surface area contributed by atoms with Crippen LogP contribution in [0.25, 0.3) is 0 Å². The molecule has 1 N–H and O–H groups in total. The Morgan fingerprint density at radius 1 is 1.45 bits per heavy atom. The molecule has 1 fully saturated rings. The van der Waals surface area contributed by atoms with Crippen LogP contribution in [0.3, 0.4) is 0 Å². The topological polar surface area (TPSA) is 70.5 Å². The van der Waals surface area contributed by atoms with Gasteiger partial charge in [0.05, 0.1) is 5.41 Å². The Bertz CT molecular complexity index is 542. The van der Waals surface area contributed by atoms with E-state index >= 15 is 0 Å². The third kappa shape index (κ3) is 2.28. The van der Waals surface area contributed by atoms with Crippen molar-refractivity contribution in [3.05, 3.63) is 29.6 Å². The second-order valence-electron chi connectivity index (χ2n) is 5.76. The minimum Gasteiger partial charge on any atom is -0.481 e. The van der Waals surface area contributed by atoms with Gasteiger partial charge in [-0.05, 0) is 30.9 Å². The van der Waals surface area contributed by atoms with Crippen molar-refractivity contribution in [1.29, 1.82) is 0 Å². The van der Waals surface area contributed by atoms with Crippen molar-refractivity contribution in [2.24, 2.45) is 11.3 Å². The molecule has 0 spiro atoms. The first-order chi connectivity index (χ1) is 9.38. The molecule has 5 nitrogen and oxygen atoms in total. The van der Waals surface area contributed by atoms with Gasteiger partial charge in [0.15, 0.2) is 0 Å². The van der Waals surface area contributed by atoms with Gasteiger partial charge in [-0.15, -0.1) is 0 Å². The van der Waals surface area contributed by atoms with Gasteiger partial charge in [0, 0.05) is 19.3 Å². The van der Waals surface area contributed by atoms with Gasteiger partial charge >= 0.3 is 5.97 Å². The SMILES string of the molecule is Cc1cccnc1C(=O)N1CCC(C(=O)O)(C(C)C)C1. The van der Waals surface area contributed by atoms with Crippen LogP contribution < -0.4 is 0 Å². The molecular formula is C15H20N2O3. The predicted molar refractivity (Wildman–Crippen MR) is 74.4 cm³/mol. The third-order valence-electron chi connectivity index (χ3n) is 4.33. The molecular weight excluding hydrogens is 256 g/mol. The summed E-state index contributed by atoms with van der Waals surface area (Å²) in [7, 11) is 0. The van der Waals surface area contributed by atoms with Crippen molar-refractivity contribution in [3.63, 3.8) is 0 Å². The van der Waals surface area contributed by atoms with E-state index in [2.05, 4.69) is 4.98 Å². The number of carbonyl (C=O) groups excluding carboxylic acids is 1. The smallest absolute Gasteiger partial charge is 0.311 e. The van der Waals surface area contributed by atoms with E-state index in [0.717, 1.165) is 5.56 Å². The Hall–Kier alpha value is -1.91. The molecule has 5 heteroatoms. The summed E-state index contributed by atoms with van der Waals surface area (Å²) < 4.78 is 0. The number of carboxylic acids is 1. The van der Waals surface area contributed by atoms with Crippen molar-refractivity contribution in [1.82, 2.24) is 9.88 Å². The maximum atomic E-state index is 12.5. The van der Waals surface area contributed by atoms with E-state index in [4.69, 9.17) is 0 Å². The zero-order valence-corrected chi connectivity index (χ0v) is 12.1. The lowest BCUT2D eigenvalue weighted by molar-refractivity contribution is -0.150. The van der Waals surface area contributed by atoms with Crippen molar-refractivity contribution in [3.8, 4) is 0 Å². The quantitative estimate of drug-likeness (QED) is 0.916. The molecule has 1 aliphatic heterocycles. The van der Waals surface area contributed by atoms with E-state index in [1.165, 1.54) is 0 Å². The number of aryl methyl sites for hydroxylation is 1. The predicted octanol–water partition coefficient (Wildman–Crippen LogP) is 1.96. The lowest BCUT2D eigenvalue weighted by Crippen LogP contribution is -2.40. The number of nitrogens with zero attached hydrogens (tertiary/aromatic N) is 2. The van der Waals surface area contributed by atoms with Gasteiger partial charge in [-0.2, -0.15) is 0 Å². The number of rotatable bonds is 3. The highest BCUT2D eigenvalue weighted by Crippen LogP contribution is 2.38. The van der Waals surface area contributed by atoms with Gasteiger partial charge in [0.2, 0.25) is 0 Å². The van der Waals surface area contributed by atoms with Gasteiger partial charge in [-0.1, -0.05) is 19.9 Å². The van der Waals surface area contributed by atoms with Crippen LogP contribution in [0.5, 0.6) is 0 Å². The van der Waals surface area contributed by atoms with Gasteiger partial charge < -0.3 is 10.0 Å². The minimum atomic E-state index is -0.835. The molecule has 1 aromatic heterocycles. The van der Waals surface area contributed by atoms with Crippen LogP contribution in [-0.4, -0.2) is 40.0 Å². The molecule has 1 aromatic rings. The molecule has 20 heavy (non-hydrogen) atoms. The van der Waals surface area contributed by atoms with Crippen molar-refractivity contribution in [2.75, 3.05) is 13.1 Å². The van der Waals surface area contributed by atoms with Crippen molar-refractivity contribution in [2.45, 2.75) is 27.2 Å². The highest BCUT2D eigenvalue weighted by atomic mass is 16.4. The molecule has 1 saturated heterocycles. The Morgan fingerprint density at radius 2 is 2.15 bits per heavy atom. The molecule has 0 aliphatic carbocycles. The van der Waals surface area contributed by atoms with Gasteiger partial charge in [-0.3, -0.25) is 14.6 Å². The van der Waals surface area contributed by atoms with E-state index < -0.39 is 11.4 Å². The summed E-state index contributed by atoms with van der Waals surface area (Å²) in [6, 6.07) is 3.62. The lowest BCUT2D eigenvalue weighted by Gasteiger charge is -2.28. The second-order valence-corrected chi connectivity index (χ2v) is 5.76. The molecule has 108 valence electrons. The molecule has 1 aliphatic rings. The van der Waals surface area contributed by atoms with Crippen LogP contribution >= 0.6 is 0 Å². The summed E-state index contributed by atoms with van der Waals surface area (Å²) in [6.45, 7) is 6.36. The van der Waals surface area contributed by atoms with Gasteiger partial charge in [0.25, 0.3) is 5.91 Å². The van der Waals surface area contributed by atoms with Crippen LogP contribution in [0, 0.1) is 18.3 Å². The largest absolute Gasteiger partial charge is 0.481 e. The van der Waals surface area contributed by atoms with Crippen LogP contribution in [0.2, 0.25) is 0 Å². The van der Waals surface area contributed by atoms with Crippen LogP contribution in [0.15, 0.2) is 18.3 Å². The first kappa shape index (κ1) is 14.5. The number of likely N-dealkylation sites (tertiary alicyclic amines) is 1. The van der Waals surface area contributed by atoms with Crippen LogP contribution in [0.4, 0.5) is 0 Å². The number of hydrogen-bond acceptors (Lipinski definition) is 3. The summed E-state index contributed by atoms with van der Waals surface area (Å²) in [5.41, 5.74) is 0.394. The molecule has 1 atom stereocenters. The van der Waals surface area contributed by atoms with E-state index in [1.807, 2.05) is 26.8 Å². The van der Waals surface area contributed by atoms with E-state index in [9.17, 15) is 14.7 Å². The van der Waals surface area contributed by atoms with Crippen LogP contribution in [0.1, 0.15) is 36.3 Å². The number of pyridine rings is 1. The maximum absolute atomic E-state index is 12.5. The fourth-order valence-electron chi connectivity index (χ4n) is 2.76. The van der Waals surface area contributed by atoms with E-state index in [-0.39, 0.29) is 18.4 Å². The number of hydrogen-bond donors (Lipinski definition) is 1. The molecule has 2 heterocycles. The average Bonchev–Trinajstić information content (AvgIpc) is 2.85. The van der Waals surface area contributed by atoms with Crippen LogP contribution in [-0.2, 0) is 4.79 Å². The summed E-state index contributed by atoms with van der Waals surface area (Å²) in [6.07, 6.45) is 2.08. The first-order valence-corrected chi connectivity index (χ1v) is 6.83. The standard InChI is InChI=1S/C15H20N2O3/c1-10(2)15(14(19)20)6-8-17(9-15)13(18)12-11(3)5-4-7-16-12/h4-5,7,10H,6,8-9H2,1-3H3,(H,19,20). The molecule has 2 rings (SSSR count). The second kappa shape index (κ2) is 5.23. The maximum Gasteiger partial charge on any atom is 0.311 e. The van der Waals surface area contributed by atoms with Crippen molar-refractivity contribution < 1.29 is 14.7 Å². The monoisotopic (exact) mass is 276 g/mol. The Labute approximate surface area is 118 Å². The molecule has 0 bridgehead atoms. The van der Waals surface area contributed by atoms with Gasteiger partial charge in [-0.25, -0.2) is 0 Å². The third-order valence-corrected chi connectivity index (χ3v) is 4.33. The van der Waals surface area contributed by atoms with E-state index in [0.29, 0.717) is 18.7 Å².